The van der Waals surface area contributed by atoms with Crippen molar-refractivity contribution in [1.29, 1.82) is 0 Å². The topological polar surface area (TPSA) is 30.8 Å². The number of halogens is 1. The van der Waals surface area contributed by atoms with Crippen LogP contribution in [-0.2, 0) is 9.88 Å². The van der Waals surface area contributed by atoms with E-state index in [0.29, 0.717) is 0 Å². The lowest BCUT2D eigenvalue weighted by molar-refractivity contribution is -0.293. The van der Waals surface area contributed by atoms with Crippen LogP contribution in [0.1, 0.15) is 18.6 Å². The average Bonchev–Trinajstić information content (AvgIpc) is 2.77. The van der Waals surface area contributed by atoms with Crippen molar-refractivity contribution in [1.82, 2.24) is 0 Å². The first kappa shape index (κ1) is 10.7. The third-order valence-corrected chi connectivity index (χ3v) is 3.58. The molecule has 1 unspecified atom stereocenters. The van der Waals surface area contributed by atoms with Crippen LogP contribution in [0.4, 0.5) is 0 Å². The lowest BCUT2D eigenvalue weighted by Gasteiger charge is -2.11. The van der Waals surface area contributed by atoms with Gasteiger partial charge in [0.1, 0.15) is 0 Å². The SMILES string of the molecule is CC1=NOOC1c1ccc(Br)c2ccccc12. The molecule has 4 heteroatoms. The molecule has 86 valence electrons. The van der Waals surface area contributed by atoms with Gasteiger partial charge in [0.05, 0.1) is 5.71 Å². The Morgan fingerprint density at radius 2 is 1.88 bits per heavy atom. The molecule has 0 amide bonds. The average molecular weight is 292 g/mol. The molecule has 0 saturated carbocycles. The van der Waals surface area contributed by atoms with Crippen LogP contribution in [0.3, 0.4) is 0 Å². The molecule has 0 N–H and O–H groups in total. The van der Waals surface area contributed by atoms with Gasteiger partial charge in [-0.25, -0.2) is 4.99 Å². The van der Waals surface area contributed by atoms with E-state index in [9.17, 15) is 0 Å². The summed E-state index contributed by atoms with van der Waals surface area (Å²) in [5.74, 6) is 0. The van der Waals surface area contributed by atoms with E-state index in [4.69, 9.17) is 4.89 Å². The zero-order valence-electron chi connectivity index (χ0n) is 9.18. The van der Waals surface area contributed by atoms with Gasteiger partial charge in [0.25, 0.3) is 0 Å². The molecule has 1 atom stereocenters. The highest BCUT2D eigenvalue weighted by Gasteiger charge is 2.25. The van der Waals surface area contributed by atoms with Gasteiger partial charge in [-0.3, -0.25) is 0 Å². The first-order chi connectivity index (χ1) is 8.27. The number of benzene rings is 2. The summed E-state index contributed by atoms with van der Waals surface area (Å²) in [6.45, 7) is 1.90. The Bertz CT molecular complexity index is 609. The summed E-state index contributed by atoms with van der Waals surface area (Å²) in [5, 5.41) is 6.11. The maximum absolute atomic E-state index is 5.18. The summed E-state index contributed by atoms with van der Waals surface area (Å²) in [6.07, 6.45) is -0.215. The van der Waals surface area contributed by atoms with Crippen LogP contribution in [0.15, 0.2) is 46.0 Å². The van der Waals surface area contributed by atoms with Crippen LogP contribution in [0, 0.1) is 0 Å². The molecule has 0 radical (unpaired) electrons. The van der Waals surface area contributed by atoms with Crippen LogP contribution in [0.5, 0.6) is 0 Å². The van der Waals surface area contributed by atoms with E-state index in [1.165, 1.54) is 0 Å². The zero-order valence-corrected chi connectivity index (χ0v) is 10.8. The molecule has 0 saturated heterocycles. The zero-order chi connectivity index (χ0) is 11.8. The van der Waals surface area contributed by atoms with Crippen LogP contribution in [-0.4, -0.2) is 5.71 Å². The highest BCUT2D eigenvalue weighted by Crippen LogP contribution is 2.34. The smallest absolute Gasteiger partial charge is 0.174 e. The fourth-order valence-electron chi connectivity index (χ4n) is 2.03. The first-order valence-corrected chi connectivity index (χ1v) is 6.11. The fourth-order valence-corrected chi connectivity index (χ4v) is 2.51. The van der Waals surface area contributed by atoms with Gasteiger partial charge in [0.15, 0.2) is 6.10 Å². The molecule has 0 spiro atoms. The third kappa shape index (κ3) is 1.73. The van der Waals surface area contributed by atoms with Crippen molar-refractivity contribution >= 4 is 32.4 Å². The van der Waals surface area contributed by atoms with E-state index in [-0.39, 0.29) is 6.10 Å². The Kier molecular flexibility index (Phi) is 2.61. The van der Waals surface area contributed by atoms with E-state index in [1.807, 2.05) is 31.2 Å². The van der Waals surface area contributed by atoms with Gasteiger partial charge in [0, 0.05) is 4.47 Å². The van der Waals surface area contributed by atoms with Gasteiger partial charge in [-0.05, 0) is 29.3 Å². The number of oxime groups is 1. The molecular formula is C13H10BrNO2. The number of hydrogen-bond donors (Lipinski definition) is 0. The molecule has 0 fully saturated rings. The van der Waals surface area contributed by atoms with Gasteiger partial charge >= 0.3 is 0 Å². The Balaban J connectivity index is 2.24. The molecule has 1 aliphatic heterocycles. The van der Waals surface area contributed by atoms with Crippen molar-refractivity contribution in [2.45, 2.75) is 13.0 Å². The summed E-state index contributed by atoms with van der Waals surface area (Å²) < 4.78 is 1.07. The van der Waals surface area contributed by atoms with E-state index >= 15 is 0 Å². The number of rotatable bonds is 1. The van der Waals surface area contributed by atoms with Gasteiger partial charge in [-0.1, -0.05) is 51.4 Å². The summed E-state index contributed by atoms with van der Waals surface area (Å²) in [4.78, 5) is 9.86. The molecule has 1 aliphatic rings. The number of hydrogen-bond acceptors (Lipinski definition) is 3. The molecule has 3 rings (SSSR count). The van der Waals surface area contributed by atoms with Gasteiger partial charge < -0.3 is 0 Å². The van der Waals surface area contributed by atoms with Crippen molar-refractivity contribution in [3.63, 3.8) is 0 Å². The van der Waals surface area contributed by atoms with Crippen LogP contribution < -0.4 is 0 Å². The molecule has 17 heavy (non-hydrogen) atoms. The Morgan fingerprint density at radius 1 is 1.12 bits per heavy atom. The molecule has 3 nitrogen and oxygen atoms in total. The van der Waals surface area contributed by atoms with Crippen molar-refractivity contribution < 1.29 is 9.88 Å². The molecule has 0 bridgehead atoms. The van der Waals surface area contributed by atoms with Crippen LogP contribution in [0.2, 0.25) is 0 Å². The number of fused-ring (bicyclic) bond motifs is 1. The summed E-state index contributed by atoms with van der Waals surface area (Å²) in [6, 6.07) is 12.2. The lowest BCUT2D eigenvalue weighted by atomic mass is 9.98. The van der Waals surface area contributed by atoms with Gasteiger partial charge in [-0.15, -0.1) is 4.89 Å². The Morgan fingerprint density at radius 3 is 2.59 bits per heavy atom. The summed E-state index contributed by atoms with van der Waals surface area (Å²) >= 11 is 3.55. The summed E-state index contributed by atoms with van der Waals surface area (Å²) in [5.41, 5.74) is 1.90. The summed E-state index contributed by atoms with van der Waals surface area (Å²) in [7, 11) is 0. The third-order valence-electron chi connectivity index (χ3n) is 2.89. The van der Waals surface area contributed by atoms with Gasteiger partial charge in [0.2, 0.25) is 0 Å². The monoisotopic (exact) mass is 291 g/mol. The maximum atomic E-state index is 5.18. The second-order valence-corrected chi connectivity index (χ2v) is 4.82. The van der Waals surface area contributed by atoms with Crippen LogP contribution >= 0.6 is 15.9 Å². The Hall–Kier alpha value is -1.39. The standard InChI is InChI=1S/C13H10BrNO2/c1-8-13(16-17-15-8)11-6-7-12(14)10-5-3-2-4-9(10)11/h2-7,13H,1H3. The Labute approximate surface area is 107 Å². The normalized spacial score (nSPS) is 19.2. The molecule has 0 aromatic heterocycles. The second-order valence-electron chi connectivity index (χ2n) is 3.97. The van der Waals surface area contributed by atoms with E-state index in [0.717, 1.165) is 26.5 Å². The van der Waals surface area contributed by atoms with E-state index < -0.39 is 0 Å². The van der Waals surface area contributed by atoms with Crippen LogP contribution in [0.25, 0.3) is 10.8 Å². The largest absolute Gasteiger partial charge is 0.220 e. The predicted octanol–water partition coefficient (Wildman–Crippen LogP) is 3.98. The second kappa shape index (κ2) is 4.13. The maximum Gasteiger partial charge on any atom is 0.174 e. The quantitative estimate of drug-likeness (QED) is 0.744. The minimum atomic E-state index is -0.215. The number of nitrogens with zero attached hydrogens (tertiary/aromatic N) is 1. The minimum absolute atomic E-state index is 0.215. The van der Waals surface area contributed by atoms with Crippen molar-refractivity contribution in [2.24, 2.45) is 5.16 Å². The molecule has 0 aliphatic carbocycles. The van der Waals surface area contributed by atoms with Crippen molar-refractivity contribution in [3.05, 3.63) is 46.4 Å². The van der Waals surface area contributed by atoms with Crippen molar-refractivity contribution in [2.75, 3.05) is 0 Å². The van der Waals surface area contributed by atoms with E-state index in [1.54, 1.807) is 0 Å². The fraction of sp³-hybridized carbons (Fsp3) is 0.154. The predicted molar refractivity (Wildman–Crippen MR) is 69.7 cm³/mol. The molecule has 2 aromatic rings. The van der Waals surface area contributed by atoms with E-state index in [2.05, 4.69) is 38.2 Å². The molecule has 1 heterocycles. The first-order valence-electron chi connectivity index (χ1n) is 5.31. The lowest BCUT2D eigenvalue weighted by Crippen LogP contribution is -2.06. The van der Waals surface area contributed by atoms with Crippen molar-refractivity contribution in [3.8, 4) is 0 Å². The molecular weight excluding hydrogens is 282 g/mol. The highest BCUT2D eigenvalue weighted by atomic mass is 79.9. The van der Waals surface area contributed by atoms with Gasteiger partial charge in [-0.2, -0.15) is 0 Å². The molecule has 2 aromatic carbocycles. The minimum Gasteiger partial charge on any atom is -0.220 e. The highest BCUT2D eigenvalue weighted by molar-refractivity contribution is 9.10.